The molecular formula is C6H4N4O2. The van der Waals surface area contributed by atoms with Gasteiger partial charge in [0.05, 0.1) is 6.26 Å². The van der Waals surface area contributed by atoms with Crippen molar-refractivity contribution >= 4 is 0 Å². The van der Waals surface area contributed by atoms with Crippen LogP contribution in [0.5, 0.6) is 0 Å². The molecule has 2 aromatic rings. The van der Waals surface area contributed by atoms with E-state index >= 15 is 0 Å². The molecule has 0 atom stereocenters. The van der Waals surface area contributed by atoms with Gasteiger partial charge < -0.3 is 4.42 Å². The fourth-order valence-corrected chi connectivity index (χ4v) is 0.810. The fraction of sp³-hybridized carbons (Fsp3) is 0. The molecule has 0 amide bonds. The van der Waals surface area contributed by atoms with Crippen molar-refractivity contribution in [3.8, 4) is 11.4 Å². The highest BCUT2D eigenvalue weighted by molar-refractivity contribution is 5.50. The zero-order valence-electron chi connectivity index (χ0n) is 5.89. The summed E-state index contributed by atoms with van der Waals surface area (Å²) >= 11 is 0. The van der Waals surface area contributed by atoms with Gasteiger partial charge in [0.15, 0.2) is 0 Å². The Morgan fingerprint density at radius 2 is 2.42 bits per heavy atom. The molecule has 0 saturated heterocycles. The molecule has 1 N–H and O–H groups in total. The lowest BCUT2D eigenvalue weighted by atomic mass is 10.3. The largest absolute Gasteiger partial charge is 0.431 e. The lowest BCUT2D eigenvalue weighted by Gasteiger charge is -1.87. The zero-order chi connectivity index (χ0) is 8.39. The highest BCUT2D eigenvalue weighted by Gasteiger charge is 2.06. The number of rotatable bonds is 1. The van der Waals surface area contributed by atoms with Gasteiger partial charge in [0, 0.05) is 0 Å². The van der Waals surface area contributed by atoms with E-state index in [1.165, 1.54) is 6.26 Å². The van der Waals surface area contributed by atoms with Crippen molar-refractivity contribution in [2.24, 2.45) is 0 Å². The summed E-state index contributed by atoms with van der Waals surface area (Å²) in [7, 11) is 0. The number of nitrogens with zero attached hydrogens (tertiary/aromatic N) is 3. The number of nitrogens with one attached hydrogen (secondary N) is 1. The second-order valence-electron chi connectivity index (χ2n) is 2.05. The second kappa shape index (κ2) is 2.57. The van der Waals surface area contributed by atoms with Gasteiger partial charge in [-0.25, -0.2) is 4.79 Å². The summed E-state index contributed by atoms with van der Waals surface area (Å²) in [6.07, 6.45) is 1.30. The van der Waals surface area contributed by atoms with Crippen molar-refractivity contribution in [1.29, 1.82) is 0 Å². The Morgan fingerprint density at radius 1 is 1.50 bits per heavy atom. The minimum atomic E-state index is -0.473. The first-order chi connectivity index (χ1) is 5.88. The standard InChI is InChI=1S/C6H4N4O2/c11-6-4(2-1-3-12-6)5-7-9-10-8-5/h1-3H,(H,7,8,9,10). The Kier molecular flexibility index (Phi) is 1.44. The molecule has 0 spiro atoms. The molecular weight excluding hydrogens is 160 g/mol. The van der Waals surface area contributed by atoms with Crippen LogP contribution in [0.1, 0.15) is 0 Å². The van der Waals surface area contributed by atoms with E-state index < -0.39 is 5.63 Å². The van der Waals surface area contributed by atoms with Gasteiger partial charge in [-0.15, -0.1) is 10.2 Å². The number of H-pyrrole nitrogens is 1. The van der Waals surface area contributed by atoms with E-state index in [9.17, 15) is 4.79 Å². The first-order valence-electron chi connectivity index (χ1n) is 3.19. The maximum absolute atomic E-state index is 11.0. The lowest BCUT2D eigenvalue weighted by molar-refractivity contribution is 0.512. The average Bonchev–Trinajstić information content (AvgIpc) is 2.57. The van der Waals surface area contributed by atoms with Gasteiger partial charge in [-0.1, -0.05) is 0 Å². The van der Waals surface area contributed by atoms with Crippen LogP contribution in [0.25, 0.3) is 11.4 Å². The van der Waals surface area contributed by atoms with E-state index in [1.807, 2.05) is 0 Å². The van der Waals surface area contributed by atoms with Crippen molar-refractivity contribution in [1.82, 2.24) is 20.6 Å². The van der Waals surface area contributed by atoms with E-state index in [4.69, 9.17) is 0 Å². The van der Waals surface area contributed by atoms with Crippen LogP contribution in [0, 0.1) is 0 Å². The number of aromatic nitrogens is 4. The van der Waals surface area contributed by atoms with Crippen LogP contribution < -0.4 is 5.63 Å². The smallest absolute Gasteiger partial charge is 0.346 e. The van der Waals surface area contributed by atoms with E-state index in [0.717, 1.165) is 0 Å². The molecule has 0 saturated carbocycles. The molecule has 0 aliphatic carbocycles. The predicted molar refractivity (Wildman–Crippen MR) is 38.1 cm³/mol. The van der Waals surface area contributed by atoms with Crippen LogP contribution in [-0.4, -0.2) is 20.6 Å². The summed E-state index contributed by atoms with van der Waals surface area (Å²) in [6.45, 7) is 0. The third kappa shape index (κ3) is 0.986. The Bertz CT molecular complexity index is 419. The molecule has 2 rings (SSSR count). The molecule has 0 aliphatic heterocycles. The third-order valence-corrected chi connectivity index (χ3v) is 1.32. The normalized spacial score (nSPS) is 10.0. The van der Waals surface area contributed by atoms with Crippen molar-refractivity contribution in [3.63, 3.8) is 0 Å². The highest BCUT2D eigenvalue weighted by atomic mass is 16.4. The average molecular weight is 164 g/mol. The third-order valence-electron chi connectivity index (χ3n) is 1.32. The highest BCUT2D eigenvalue weighted by Crippen LogP contribution is 2.04. The molecule has 0 aromatic carbocycles. The molecule has 6 heteroatoms. The number of hydrogen-bond acceptors (Lipinski definition) is 5. The predicted octanol–water partition coefficient (Wildman–Crippen LogP) is -0.180. The molecule has 60 valence electrons. The monoisotopic (exact) mass is 164 g/mol. The summed E-state index contributed by atoms with van der Waals surface area (Å²) in [4.78, 5) is 11.0. The van der Waals surface area contributed by atoms with Gasteiger partial charge in [0.2, 0.25) is 5.82 Å². The summed E-state index contributed by atoms with van der Waals surface area (Å²) in [6, 6.07) is 3.16. The first kappa shape index (κ1) is 6.71. The number of aromatic amines is 1. The maximum Gasteiger partial charge on any atom is 0.346 e. The van der Waals surface area contributed by atoms with Gasteiger partial charge in [-0.05, 0) is 17.3 Å². The Balaban J connectivity index is 2.63. The summed E-state index contributed by atoms with van der Waals surface area (Å²) < 4.78 is 4.60. The van der Waals surface area contributed by atoms with Gasteiger partial charge in [0.25, 0.3) is 0 Å². The summed E-state index contributed by atoms with van der Waals surface area (Å²) in [5, 5.41) is 12.8. The summed E-state index contributed by atoms with van der Waals surface area (Å²) in [5.74, 6) is 0.240. The van der Waals surface area contributed by atoms with Gasteiger partial charge in [-0.3, -0.25) is 0 Å². The van der Waals surface area contributed by atoms with Crippen LogP contribution in [0.2, 0.25) is 0 Å². The lowest BCUT2D eigenvalue weighted by Crippen LogP contribution is -2.02. The van der Waals surface area contributed by atoms with Crippen molar-refractivity contribution in [2.75, 3.05) is 0 Å². The molecule has 0 unspecified atom stereocenters. The minimum Gasteiger partial charge on any atom is -0.431 e. The second-order valence-corrected chi connectivity index (χ2v) is 2.05. The van der Waals surface area contributed by atoms with Crippen molar-refractivity contribution in [3.05, 3.63) is 28.8 Å². The Labute approximate surface area is 66.2 Å². The van der Waals surface area contributed by atoms with Crippen molar-refractivity contribution < 1.29 is 4.42 Å². The molecule has 0 aliphatic rings. The van der Waals surface area contributed by atoms with Crippen LogP contribution in [0.15, 0.2) is 27.6 Å². The quantitative estimate of drug-likeness (QED) is 0.631. The van der Waals surface area contributed by atoms with Crippen LogP contribution in [0.3, 0.4) is 0 Å². The first-order valence-corrected chi connectivity index (χ1v) is 3.19. The van der Waals surface area contributed by atoms with Crippen LogP contribution >= 0.6 is 0 Å². The molecule has 2 aromatic heterocycles. The molecule has 0 bridgehead atoms. The van der Waals surface area contributed by atoms with Crippen LogP contribution in [-0.2, 0) is 0 Å². The molecule has 6 nitrogen and oxygen atoms in total. The van der Waals surface area contributed by atoms with Gasteiger partial charge in [-0.2, -0.15) is 5.21 Å². The van der Waals surface area contributed by atoms with E-state index in [1.54, 1.807) is 12.1 Å². The van der Waals surface area contributed by atoms with Gasteiger partial charge in [0.1, 0.15) is 5.56 Å². The molecule has 12 heavy (non-hydrogen) atoms. The van der Waals surface area contributed by atoms with E-state index in [2.05, 4.69) is 25.0 Å². The minimum absolute atomic E-state index is 0.240. The Morgan fingerprint density at radius 3 is 3.08 bits per heavy atom. The zero-order valence-corrected chi connectivity index (χ0v) is 5.89. The Hall–Kier alpha value is -1.98. The number of hydrogen-bond donors (Lipinski definition) is 1. The van der Waals surface area contributed by atoms with Crippen molar-refractivity contribution in [2.45, 2.75) is 0 Å². The number of tetrazole rings is 1. The molecule has 2 heterocycles. The SMILES string of the molecule is O=c1occcc1-c1nn[nH]n1. The topological polar surface area (TPSA) is 84.7 Å². The fourth-order valence-electron chi connectivity index (χ4n) is 0.810. The molecule has 0 fully saturated rings. The van der Waals surface area contributed by atoms with Crippen LogP contribution in [0.4, 0.5) is 0 Å². The van der Waals surface area contributed by atoms with E-state index in [0.29, 0.717) is 5.56 Å². The molecule has 0 radical (unpaired) electrons. The maximum atomic E-state index is 11.0. The van der Waals surface area contributed by atoms with Gasteiger partial charge >= 0.3 is 5.63 Å². The van der Waals surface area contributed by atoms with E-state index in [-0.39, 0.29) is 5.82 Å². The summed E-state index contributed by atoms with van der Waals surface area (Å²) in [5.41, 5.74) is -0.176.